The Morgan fingerprint density at radius 2 is 1.25 bits per heavy atom. The van der Waals surface area contributed by atoms with Gasteiger partial charge in [-0.05, 0) is 41.8 Å². The minimum Gasteiger partial charge on any atom is -0.493 e. The fourth-order valence-corrected chi connectivity index (χ4v) is 4.99. The Bertz CT molecular complexity index is 1190. The number of halogens is 9. The van der Waals surface area contributed by atoms with Crippen LogP contribution < -0.4 is 4.74 Å². The lowest BCUT2D eigenvalue weighted by molar-refractivity contribution is -0.397. The molecule has 0 radical (unpaired) electrons. The number of piperazine rings is 1. The number of likely N-dealkylation sites (tertiary alicyclic amines) is 2. The lowest BCUT2D eigenvalue weighted by atomic mass is 10.0. The highest BCUT2D eigenvalue weighted by molar-refractivity contribution is 5.87. The summed E-state index contributed by atoms with van der Waals surface area (Å²) in [5.41, 5.74) is 2.08. The number of carboxylic acid groups (broad SMARTS) is 1. The highest BCUT2D eigenvalue weighted by atomic mass is 19.4. The molecule has 2 heterocycles. The maximum Gasteiger partial charge on any atom is 0.460 e. The van der Waals surface area contributed by atoms with Gasteiger partial charge in [-0.2, -0.15) is 39.5 Å². The van der Waals surface area contributed by atoms with Crippen LogP contribution in [0.5, 0.6) is 5.75 Å². The molecular weight excluding hydrogens is 559 g/mol. The van der Waals surface area contributed by atoms with E-state index in [1.807, 2.05) is 0 Å². The molecule has 40 heavy (non-hydrogen) atoms. The fourth-order valence-electron chi connectivity index (χ4n) is 4.99. The molecule has 220 valence electrons. The lowest BCUT2D eigenvalue weighted by Crippen LogP contribution is -2.61. The first-order valence-electron chi connectivity index (χ1n) is 12.2. The quantitative estimate of drug-likeness (QED) is 0.325. The van der Waals surface area contributed by atoms with E-state index in [1.54, 1.807) is 36.4 Å². The maximum atomic E-state index is 13.6. The molecule has 5 nitrogen and oxygen atoms in total. The molecule has 14 heteroatoms. The van der Waals surface area contributed by atoms with Crippen LogP contribution in [0.2, 0.25) is 0 Å². The molecule has 2 saturated heterocycles. The van der Waals surface area contributed by atoms with Crippen molar-refractivity contribution >= 4 is 5.97 Å². The van der Waals surface area contributed by atoms with Gasteiger partial charge in [-0.1, -0.05) is 24.3 Å². The van der Waals surface area contributed by atoms with Gasteiger partial charge in [-0.25, -0.2) is 4.79 Å². The molecule has 2 fully saturated rings. The average molecular weight is 584 g/mol. The van der Waals surface area contributed by atoms with Gasteiger partial charge in [-0.15, -0.1) is 0 Å². The topological polar surface area (TPSA) is 53.0 Å². The van der Waals surface area contributed by atoms with Crippen molar-refractivity contribution in [1.82, 2.24) is 9.80 Å². The van der Waals surface area contributed by atoms with E-state index in [-0.39, 0.29) is 17.4 Å². The summed E-state index contributed by atoms with van der Waals surface area (Å²) in [4.78, 5) is 15.6. The maximum absolute atomic E-state index is 13.6. The minimum absolute atomic E-state index is 0.0338. The summed E-state index contributed by atoms with van der Waals surface area (Å²) in [5, 5.41) is 9.02. The predicted molar refractivity (Wildman–Crippen MR) is 124 cm³/mol. The van der Waals surface area contributed by atoms with Crippen molar-refractivity contribution in [3.63, 3.8) is 0 Å². The summed E-state index contributed by atoms with van der Waals surface area (Å²) in [7, 11) is 0. The van der Waals surface area contributed by atoms with Gasteiger partial charge in [0.15, 0.2) is 0 Å². The van der Waals surface area contributed by atoms with E-state index in [1.165, 1.54) is 12.1 Å². The van der Waals surface area contributed by atoms with Crippen molar-refractivity contribution in [2.75, 3.05) is 19.7 Å². The smallest absolute Gasteiger partial charge is 0.460 e. The Kier molecular flexibility index (Phi) is 8.07. The molecule has 2 aliphatic heterocycles. The van der Waals surface area contributed by atoms with Crippen LogP contribution >= 0.6 is 0 Å². The Balaban J connectivity index is 1.25. The Morgan fingerprint density at radius 3 is 1.68 bits per heavy atom. The molecule has 2 aromatic carbocycles. The monoisotopic (exact) mass is 584 g/mol. The summed E-state index contributed by atoms with van der Waals surface area (Å²) in [5.74, 6) is -20.3. The summed E-state index contributed by atoms with van der Waals surface area (Å²) >= 11 is 0. The van der Waals surface area contributed by atoms with Gasteiger partial charge in [0.25, 0.3) is 0 Å². The molecule has 1 N–H and O–H groups in total. The number of benzene rings is 2. The Hall–Kier alpha value is -3.00. The molecule has 2 bridgehead atoms. The first-order chi connectivity index (χ1) is 18.5. The Morgan fingerprint density at radius 1 is 0.775 bits per heavy atom. The first-order valence-corrected chi connectivity index (χ1v) is 12.2. The number of rotatable bonds is 11. The van der Waals surface area contributed by atoms with Gasteiger partial charge in [0, 0.05) is 38.3 Å². The zero-order valence-electron chi connectivity index (χ0n) is 20.8. The molecule has 0 saturated carbocycles. The van der Waals surface area contributed by atoms with Crippen LogP contribution in [0.3, 0.4) is 0 Å². The number of alkyl halides is 9. The van der Waals surface area contributed by atoms with E-state index < -0.39 is 42.9 Å². The van der Waals surface area contributed by atoms with Crippen LogP contribution in [-0.4, -0.2) is 76.6 Å². The number of ether oxygens (including phenoxy) is 1. The van der Waals surface area contributed by atoms with Crippen molar-refractivity contribution in [2.45, 2.75) is 62.0 Å². The van der Waals surface area contributed by atoms with Crippen molar-refractivity contribution in [3.05, 3.63) is 65.2 Å². The molecule has 0 aromatic heterocycles. The zero-order valence-corrected chi connectivity index (χ0v) is 20.8. The second-order valence-corrected chi connectivity index (χ2v) is 10.00. The standard InChI is InChI=1S/C26H25F9N2O3/c27-23(28,24(29,30)25(31,32)26(33,34)35)9-10-40-21-7-3-17(4-8-21)13-37-15-19-11-20(37)14-36(19)12-16-1-5-18(6-2-16)22(38)39/h1-8,19-20H,9-15H2,(H,38,39)/t19-,20-/m0/s1. The summed E-state index contributed by atoms with van der Waals surface area (Å²) in [6, 6.07) is 13.3. The number of carbonyl (C=O) groups is 1. The largest absolute Gasteiger partial charge is 0.493 e. The molecule has 0 amide bonds. The highest BCUT2D eigenvalue weighted by Crippen LogP contribution is 2.54. The average Bonchev–Trinajstić information content (AvgIpc) is 3.44. The van der Waals surface area contributed by atoms with Crippen LogP contribution in [0.4, 0.5) is 39.5 Å². The molecule has 4 rings (SSSR count). The van der Waals surface area contributed by atoms with E-state index in [0.717, 1.165) is 30.6 Å². The van der Waals surface area contributed by atoms with E-state index in [2.05, 4.69) is 9.80 Å². The van der Waals surface area contributed by atoms with Gasteiger partial charge in [0.05, 0.1) is 18.6 Å². The number of hydrogen-bond donors (Lipinski definition) is 1. The lowest BCUT2D eigenvalue weighted by Gasteiger charge is -2.34. The molecule has 2 aromatic rings. The van der Waals surface area contributed by atoms with Gasteiger partial charge < -0.3 is 9.84 Å². The summed E-state index contributed by atoms with van der Waals surface area (Å²) < 4.78 is 122. The Labute approximate surface area is 223 Å². The van der Waals surface area contributed by atoms with Crippen LogP contribution in [0.25, 0.3) is 0 Å². The van der Waals surface area contributed by atoms with E-state index in [0.29, 0.717) is 19.1 Å². The molecule has 0 spiro atoms. The van der Waals surface area contributed by atoms with Crippen molar-refractivity contribution in [2.24, 2.45) is 0 Å². The molecule has 2 aliphatic rings. The van der Waals surface area contributed by atoms with Crippen molar-refractivity contribution in [1.29, 1.82) is 0 Å². The van der Waals surface area contributed by atoms with Crippen molar-refractivity contribution < 1.29 is 54.2 Å². The number of carboxylic acids is 1. The molecule has 2 atom stereocenters. The third kappa shape index (κ3) is 5.87. The summed E-state index contributed by atoms with van der Waals surface area (Å²) in [6.07, 6.45) is -7.94. The molecule has 0 unspecified atom stereocenters. The number of aromatic carboxylic acids is 1. The predicted octanol–water partition coefficient (Wildman–Crippen LogP) is 6.08. The summed E-state index contributed by atoms with van der Waals surface area (Å²) in [6.45, 7) is 1.67. The van der Waals surface area contributed by atoms with Gasteiger partial charge in [0.2, 0.25) is 0 Å². The second-order valence-electron chi connectivity index (χ2n) is 10.00. The van der Waals surface area contributed by atoms with Crippen LogP contribution in [0.15, 0.2) is 48.5 Å². The van der Waals surface area contributed by atoms with Crippen molar-refractivity contribution in [3.8, 4) is 5.75 Å². The van der Waals surface area contributed by atoms with Gasteiger partial charge >= 0.3 is 29.9 Å². The SMILES string of the molecule is O=C(O)c1ccc(CN2C[C@@H]3C[C@H]2CN3Cc2ccc(OCCC(F)(F)C(F)(F)C(F)(F)C(F)(F)F)cc2)cc1. The normalized spacial score (nSPS) is 20.7. The van der Waals surface area contributed by atoms with E-state index in [9.17, 15) is 44.3 Å². The zero-order chi connectivity index (χ0) is 29.5. The van der Waals surface area contributed by atoms with E-state index in [4.69, 9.17) is 9.84 Å². The fraction of sp³-hybridized carbons (Fsp3) is 0.500. The van der Waals surface area contributed by atoms with Crippen LogP contribution in [0.1, 0.15) is 34.3 Å². The number of fused-ring (bicyclic) bond motifs is 2. The number of hydrogen-bond acceptors (Lipinski definition) is 4. The number of nitrogens with zero attached hydrogens (tertiary/aromatic N) is 2. The molecule has 0 aliphatic carbocycles. The van der Waals surface area contributed by atoms with Crippen LogP contribution in [-0.2, 0) is 13.1 Å². The third-order valence-electron chi connectivity index (χ3n) is 7.26. The van der Waals surface area contributed by atoms with Gasteiger partial charge in [0.1, 0.15) is 5.75 Å². The first kappa shape index (κ1) is 30.0. The highest BCUT2D eigenvalue weighted by Gasteiger charge is 2.81. The molecular formula is C26H25F9N2O3. The van der Waals surface area contributed by atoms with Gasteiger partial charge in [-0.3, -0.25) is 9.80 Å². The van der Waals surface area contributed by atoms with E-state index >= 15 is 0 Å². The van der Waals surface area contributed by atoms with Crippen LogP contribution in [0, 0.1) is 0 Å². The second kappa shape index (κ2) is 10.8. The third-order valence-corrected chi connectivity index (χ3v) is 7.26. The minimum atomic E-state index is -6.91.